The van der Waals surface area contributed by atoms with E-state index >= 15 is 0 Å². The molecule has 0 fully saturated rings. The van der Waals surface area contributed by atoms with Crippen molar-refractivity contribution in [2.75, 3.05) is 7.05 Å². The molecule has 0 radical (unpaired) electrons. The molecule has 0 saturated heterocycles. The minimum absolute atomic E-state index is 0.235. The summed E-state index contributed by atoms with van der Waals surface area (Å²) in [6.45, 7) is 2.06. The van der Waals surface area contributed by atoms with E-state index in [2.05, 4.69) is 22.4 Å². The first-order valence-corrected chi connectivity index (χ1v) is 6.16. The van der Waals surface area contributed by atoms with Gasteiger partial charge in [-0.3, -0.25) is 0 Å². The molecule has 0 aliphatic heterocycles. The van der Waals surface area contributed by atoms with Crippen LogP contribution < -0.4 is 5.32 Å². The summed E-state index contributed by atoms with van der Waals surface area (Å²) in [6.07, 6.45) is 0. The first kappa shape index (κ1) is 11.5. The van der Waals surface area contributed by atoms with Crippen LogP contribution in [0.25, 0.3) is 10.6 Å². The van der Waals surface area contributed by atoms with E-state index in [1.165, 1.54) is 0 Å². The lowest BCUT2D eigenvalue weighted by Crippen LogP contribution is -2.11. The predicted molar refractivity (Wildman–Crippen MR) is 67.8 cm³/mol. The molecule has 0 aliphatic rings. The van der Waals surface area contributed by atoms with Crippen LogP contribution in [0.15, 0.2) is 24.3 Å². The molecular weight excluding hydrogens is 242 g/mol. The smallest absolute Gasteiger partial charge is 0.147 e. The van der Waals surface area contributed by atoms with Crippen LogP contribution in [-0.2, 0) is 0 Å². The van der Waals surface area contributed by atoms with Crippen molar-refractivity contribution in [3.05, 3.63) is 34.3 Å². The molecule has 2 aromatic rings. The topological polar surface area (TPSA) is 37.8 Å². The Hall–Kier alpha value is -0.970. The molecule has 2 rings (SSSR count). The van der Waals surface area contributed by atoms with Crippen molar-refractivity contribution in [1.82, 2.24) is 15.5 Å². The fourth-order valence-corrected chi connectivity index (χ4v) is 2.28. The molecule has 0 saturated carbocycles. The van der Waals surface area contributed by atoms with Crippen molar-refractivity contribution < 1.29 is 0 Å². The van der Waals surface area contributed by atoms with E-state index in [9.17, 15) is 0 Å². The first-order valence-electron chi connectivity index (χ1n) is 4.97. The molecule has 0 bridgehead atoms. The van der Waals surface area contributed by atoms with E-state index in [1.54, 1.807) is 11.3 Å². The Morgan fingerprint density at radius 3 is 2.56 bits per heavy atom. The van der Waals surface area contributed by atoms with Gasteiger partial charge in [-0.15, -0.1) is 10.2 Å². The molecule has 5 heteroatoms. The van der Waals surface area contributed by atoms with Crippen molar-refractivity contribution >= 4 is 22.9 Å². The molecule has 3 nitrogen and oxygen atoms in total. The largest absolute Gasteiger partial charge is 0.311 e. The summed E-state index contributed by atoms with van der Waals surface area (Å²) in [7, 11) is 1.91. The predicted octanol–water partition coefficient (Wildman–Crippen LogP) is 3.14. The zero-order valence-electron chi connectivity index (χ0n) is 9.07. The highest BCUT2D eigenvalue weighted by Gasteiger charge is 2.10. The molecule has 0 spiro atoms. The third kappa shape index (κ3) is 2.40. The second-order valence-corrected chi connectivity index (χ2v) is 4.91. The standard InChI is InChI=1S/C11H12ClN3S/c1-7(13-2)10-14-15-11(16-10)8-3-5-9(12)6-4-8/h3-7,13H,1-2H3. The van der Waals surface area contributed by atoms with E-state index in [-0.39, 0.29) is 6.04 Å². The van der Waals surface area contributed by atoms with E-state index in [0.717, 1.165) is 20.6 Å². The number of hydrogen-bond acceptors (Lipinski definition) is 4. The molecule has 16 heavy (non-hydrogen) atoms. The highest BCUT2D eigenvalue weighted by Crippen LogP contribution is 2.27. The Labute approximate surface area is 103 Å². The van der Waals surface area contributed by atoms with E-state index in [4.69, 9.17) is 11.6 Å². The Bertz CT molecular complexity index is 466. The number of halogens is 1. The molecule has 1 atom stereocenters. The Morgan fingerprint density at radius 1 is 1.25 bits per heavy atom. The number of benzene rings is 1. The number of nitrogens with zero attached hydrogens (tertiary/aromatic N) is 2. The molecule has 1 unspecified atom stereocenters. The molecule has 1 aromatic heterocycles. The van der Waals surface area contributed by atoms with Gasteiger partial charge in [-0.25, -0.2) is 0 Å². The van der Waals surface area contributed by atoms with Gasteiger partial charge in [0.1, 0.15) is 10.0 Å². The van der Waals surface area contributed by atoms with Crippen LogP contribution in [0.1, 0.15) is 18.0 Å². The van der Waals surface area contributed by atoms with Crippen LogP contribution in [0, 0.1) is 0 Å². The molecule has 0 amide bonds. The SMILES string of the molecule is CNC(C)c1nnc(-c2ccc(Cl)cc2)s1. The summed E-state index contributed by atoms with van der Waals surface area (Å²) in [5.74, 6) is 0. The van der Waals surface area contributed by atoms with Crippen molar-refractivity contribution in [1.29, 1.82) is 0 Å². The van der Waals surface area contributed by atoms with Gasteiger partial charge < -0.3 is 5.32 Å². The summed E-state index contributed by atoms with van der Waals surface area (Å²) < 4.78 is 0. The molecule has 0 aliphatic carbocycles. The van der Waals surface area contributed by atoms with E-state index in [0.29, 0.717) is 0 Å². The maximum Gasteiger partial charge on any atom is 0.147 e. The number of hydrogen-bond donors (Lipinski definition) is 1. The summed E-state index contributed by atoms with van der Waals surface area (Å²) >= 11 is 7.43. The molecule has 1 heterocycles. The molecular formula is C11H12ClN3S. The van der Waals surface area contributed by atoms with Crippen molar-refractivity contribution in [2.45, 2.75) is 13.0 Å². The molecule has 84 valence electrons. The number of rotatable bonds is 3. The highest BCUT2D eigenvalue weighted by molar-refractivity contribution is 7.14. The van der Waals surface area contributed by atoms with Crippen molar-refractivity contribution in [3.8, 4) is 10.6 Å². The fraction of sp³-hybridized carbons (Fsp3) is 0.273. The van der Waals surface area contributed by atoms with Crippen LogP contribution >= 0.6 is 22.9 Å². The molecule has 1 N–H and O–H groups in total. The van der Waals surface area contributed by atoms with E-state index < -0.39 is 0 Å². The monoisotopic (exact) mass is 253 g/mol. The van der Waals surface area contributed by atoms with Gasteiger partial charge >= 0.3 is 0 Å². The first-order chi connectivity index (χ1) is 7.70. The van der Waals surface area contributed by atoms with Gasteiger partial charge in [0.2, 0.25) is 0 Å². The summed E-state index contributed by atoms with van der Waals surface area (Å²) in [6, 6.07) is 7.87. The summed E-state index contributed by atoms with van der Waals surface area (Å²) in [5.41, 5.74) is 1.05. The minimum atomic E-state index is 0.235. The van der Waals surface area contributed by atoms with Gasteiger partial charge in [-0.1, -0.05) is 35.1 Å². The van der Waals surface area contributed by atoms with Crippen LogP contribution in [0.2, 0.25) is 5.02 Å². The van der Waals surface area contributed by atoms with Gasteiger partial charge in [-0.2, -0.15) is 0 Å². The fourth-order valence-electron chi connectivity index (χ4n) is 1.24. The quantitative estimate of drug-likeness (QED) is 0.913. The summed E-state index contributed by atoms with van der Waals surface area (Å²) in [4.78, 5) is 0. The Kier molecular flexibility index (Phi) is 3.53. The van der Waals surface area contributed by atoms with Crippen LogP contribution in [0.3, 0.4) is 0 Å². The maximum absolute atomic E-state index is 5.83. The second kappa shape index (κ2) is 4.91. The second-order valence-electron chi connectivity index (χ2n) is 3.46. The van der Waals surface area contributed by atoms with Gasteiger partial charge in [0.25, 0.3) is 0 Å². The lowest BCUT2D eigenvalue weighted by Gasteiger charge is -2.02. The van der Waals surface area contributed by atoms with Crippen molar-refractivity contribution in [2.24, 2.45) is 0 Å². The number of nitrogens with one attached hydrogen (secondary N) is 1. The number of aromatic nitrogens is 2. The highest BCUT2D eigenvalue weighted by atomic mass is 35.5. The van der Waals surface area contributed by atoms with Gasteiger partial charge in [0, 0.05) is 10.6 Å². The average molecular weight is 254 g/mol. The normalized spacial score (nSPS) is 12.7. The minimum Gasteiger partial charge on any atom is -0.311 e. The third-order valence-corrected chi connectivity index (χ3v) is 3.74. The lowest BCUT2D eigenvalue weighted by molar-refractivity contribution is 0.640. The summed E-state index contributed by atoms with van der Waals surface area (Å²) in [5, 5.41) is 14.1. The average Bonchev–Trinajstić information content (AvgIpc) is 2.78. The Balaban J connectivity index is 2.28. The molecule has 1 aromatic carbocycles. The van der Waals surface area contributed by atoms with Gasteiger partial charge in [-0.05, 0) is 26.1 Å². The lowest BCUT2D eigenvalue weighted by atomic mass is 10.2. The zero-order valence-corrected chi connectivity index (χ0v) is 10.6. The zero-order chi connectivity index (χ0) is 11.5. The third-order valence-electron chi connectivity index (χ3n) is 2.34. The van der Waals surface area contributed by atoms with Gasteiger partial charge in [0.05, 0.1) is 6.04 Å². The van der Waals surface area contributed by atoms with Gasteiger partial charge in [0.15, 0.2) is 0 Å². The van der Waals surface area contributed by atoms with Crippen LogP contribution in [-0.4, -0.2) is 17.2 Å². The van der Waals surface area contributed by atoms with Crippen LogP contribution in [0.5, 0.6) is 0 Å². The maximum atomic E-state index is 5.83. The van der Waals surface area contributed by atoms with E-state index in [1.807, 2.05) is 31.3 Å². The Morgan fingerprint density at radius 2 is 1.94 bits per heavy atom. The van der Waals surface area contributed by atoms with Crippen LogP contribution in [0.4, 0.5) is 0 Å². The van der Waals surface area contributed by atoms with Crippen molar-refractivity contribution in [3.63, 3.8) is 0 Å².